The van der Waals surface area contributed by atoms with E-state index in [1.165, 1.54) is 180 Å². The third-order valence-electron chi connectivity index (χ3n) is 13.5. The molecule has 1 heterocycles. The van der Waals surface area contributed by atoms with Crippen molar-refractivity contribution in [1.29, 1.82) is 0 Å². The SMILES string of the molecule is CCCCC/C=C\C=C/CCCCCCCCCCCCC(=O)NC(COC1OC(CO)C(O)C(OS(=O)(=O)O)C1O)C(O)CCCCCCCCCCCCCCCCCCCCCCCC. The number of carbonyl (C=O) groups is 1. The number of hydrogen-bond donors (Lipinski definition) is 6. The summed E-state index contributed by atoms with van der Waals surface area (Å²) in [5.74, 6) is -0.231. The fraction of sp³-hybridized carbons (Fsp3) is 0.909. The number of ether oxygens (including phenoxy) is 2. The maximum Gasteiger partial charge on any atom is 0.397 e. The van der Waals surface area contributed by atoms with E-state index in [4.69, 9.17) is 9.47 Å². The molecule has 0 radical (unpaired) electrons. The van der Waals surface area contributed by atoms with E-state index in [1.54, 1.807) is 0 Å². The number of aliphatic hydroxyl groups is 4. The number of amides is 1. The Morgan fingerprint density at radius 2 is 0.971 bits per heavy atom. The van der Waals surface area contributed by atoms with Gasteiger partial charge < -0.3 is 35.2 Å². The van der Waals surface area contributed by atoms with E-state index in [0.29, 0.717) is 12.8 Å². The maximum absolute atomic E-state index is 13.1. The van der Waals surface area contributed by atoms with Crippen LogP contribution in [0.5, 0.6) is 0 Å². The van der Waals surface area contributed by atoms with Crippen LogP contribution in [-0.2, 0) is 28.9 Å². The first-order valence-corrected chi connectivity index (χ1v) is 29.6. The number of rotatable bonds is 49. The Labute approximate surface area is 416 Å². The van der Waals surface area contributed by atoms with Crippen molar-refractivity contribution in [2.75, 3.05) is 13.2 Å². The van der Waals surface area contributed by atoms with Crippen molar-refractivity contribution < 1.29 is 51.8 Å². The monoisotopic (exact) mass is 988 g/mol. The second kappa shape index (κ2) is 45.4. The number of aliphatic hydroxyl groups excluding tert-OH is 4. The van der Waals surface area contributed by atoms with Gasteiger partial charge in [0.2, 0.25) is 5.91 Å². The highest BCUT2D eigenvalue weighted by molar-refractivity contribution is 7.80. The van der Waals surface area contributed by atoms with E-state index in [1.807, 2.05) is 0 Å². The standard InChI is InChI=1S/C55H105NO11S/c1-3-5-7-9-11-13-15-17-19-21-23-24-25-27-28-30-32-34-36-38-40-42-44-49(58)48(47-65-55-53(61)54(67-68(62,63)64)52(60)50(46-57)66-55)56-51(59)45-43-41-39-37-35-33-31-29-26-22-20-18-16-14-12-10-8-6-4-2/h12,14,16,18,48-50,52-55,57-58,60-61H,3-11,13,15,17,19-47H2,1-2H3,(H,56,59)(H,62,63,64)/b14-12-,18-16-. The van der Waals surface area contributed by atoms with E-state index >= 15 is 0 Å². The lowest BCUT2D eigenvalue weighted by molar-refractivity contribution is -0.298. The van der Waals surface area contributed by atoms with Crippen molar-refractivity contribution in [2.45, 2.75) is 307 Å². The van der Waals surface area contributed by atoms with Gasteiger partial charge in [-0.2, -0.15) is 8.42 Å². The summed E-state index contributed by atoms with van der Waals surface area (Å²) in [5.41, 5.74) is 0. The van der Waals surface area contributed by atoms with Gasteiger partial charge in [0.05, 0.1) is 25.4 Å². The number of hydrogen-bond acceptors (Lipinski definition) is 10. The molecule has 0 spiro atoms. The molecule has 1 aliphatic rings. The van der Waals surface area contributed by atoms with Crippen LogP contribution in [-0.4, -0.2) is 95.4 Å². The van der Waals surface area contributed by atoms with Gasteiger partial charge in [-0.3, -0.25) is 9.35 Å². The van der Waals surface area contributed by atoms with Gasteiger partial charge in [-0.15, -0.1) is 0 Å². The zero-order valence-electron chi connectivity index (χ0n) is 43.4. The Hall–Kier alpha value is -1.42. The third-order valence-corrected chi connectivity index (χ3v) is 14.0. The summed E-state index contributed by atoms with van der Waals surface area (Å²) in [6.07, 6.45) is 46.0. The Balaban J connectivity index is 2.37. The third kappa shape index (κ3) is 37.4. The second-order valence-electron chi connectivity index (χ2n) is 19.9. The van der Waals surface area contributed by atoms with E-state index in [2.05, 4.69) is 47.7 Å². The van der Waals surface area contributed by atoms with Crippen molar-refractivity contribution in [2.24, 2.45) is 0 Å². The van der Waals surface area contributed by atoms with Crippen LogP contribution in [0, 0.1) is 0 Å². The highest BCUT2D eigenvalue weighted by atomic mass is 32.3. The van der Waals surface area contributed by atoms with Crippen molar-refractivity contribution in [1.82, 2.24) is 5.32 Å². The van der Waals surface area contributed by atoms with Gasteiger partial charge >= 0.3 is 10.4 Å². The average molecular weight is 989 g/mol. The zero-order chi connectivity index (χ0) is 49.8. The van der Waals surface area contributed by atoms with Gasteiger partial charge in [-0.25, -0.2) is 4.18 Å². The molecule has 7 atom stereocenters. The lowest BCUT2D eigenvalue weighted by Crippen LogP contribution is -2.61. The molecular weight excluding hydrogens is 883 g/mol. The van der Waals surface area contributed by atoms with Gasteiger partial charge in [0.1, 0.15) is 24.4 Å². The van der Waals surface area contributed by atoms with Crippen LogP contribution in [0.2, 0.25) is 0 Å². The Bertz CT molecular complexity index is 1300. The number of nitrogens with one attached hydrogen (secondary N) is 1. The highest BCUT2D eigenvalue weighted by Crippen LogP contribution is 2.26. The number of unbranched alkanes of at least 4 members (excludes halogenated alkanes) is 34. The minimum Gasteiger partial charge on any atom is -0.394 e. The van der Waals surface area contributed by atoms with E-state index in [-0.39, 0.29) is 18.9 Å². The van der Waals surface area contributed by atoms with E-state index in [0.717, 1.165) is 51.4 Å². The molecule has 402 valence electrons. The summed E-state index contributed by atoms with van der Waals surface area (Å²) in [5, 5.41) is 45.1. The Morgan fingerprint density at radius 3 is 1.40 bits per heavy atom. The van der Waals surface area contributed by atoms with Crippen LogP contribution in [0.3, 0.4) is 0 Å². The molecule has 0 aromatic rings. The van der Waals surface area contributed by atoms with Crippen LogP contribution in [0.15, 0.2) is 24.3 Å². The molecule has 1 amide bonds. The molecule has 1 rings (SSSR count). The molecule has 1 aliphatic heterocycles. The highest BCUT2D eigenvalue weighted by Gasteiger charge is 2.48. The molecule has 0 aromatic heterocycles. The summed E-state index contributed by atoms with van der Waals surface area (Å²) >= 11 is 0. The van der Waals surface area contributed by atoms with Crippen molar-refractivity contribution in [3.8, 4) is 0 Å². The summed E-state index contributed by atoms with van der Waals surface area (Å²) in [4.78, 5) is 13.1. The summed E-state index contributed by atoms with van der Waals surface area (Å²) < 4.78 is 47.9. The number of allylic oxidation sites excluding steroid dienone is 4. The summed E-state index contributed by atoms with van der Waals surface area (Å²) in [6, 6.07) is -0.859. The molecular formula is C55H105NO11S. The van der Waals surface area contributed by atoms with Crippen molar-refractivity contribution in [3.05, 3.63) is 24.3 Å². The predicted octanol–water partition coefficient (Wildman–Crippen LogP) is 12.8. The van der Waals surface area contributed by atoms with Gasteiger partial charge in [0, 0.05) is 6.42 Å². The van der Waals surface area contributed by atoms with E-state index < -0.39 is 59.9 Å². The van der Waals surface area contributed by atoms with Crippen molar-refractivity contribution in [3.63, 3.8) is 0 Å². The minimum absolute atomic E-state index is 0.231. The van der Waals surface area contributed by atoms with Crippen LogP contribution >= 0.6 is 0 Å². The molecule has 1 saturated heterocycles. The minimum atomic E-state index is -5.08. The van der Waals surface area contributed by atoms with Crippen molar-refractivity contribution >= 4 is 16.3 Å². The Morgan fingerprint density at radius 1 is 0.588 bits per heavy atom. The fourth-order valence-corrected chi connectivity index (χ4v) is 9.67. The Kier molecular flexibility index (Phi) is 43.2. The van der Waals surface area contributed by atoms with Gasteiger partial charge in [-0.05, 0) is 38.5 Å². The summed E-state index contributed by atoms with van der Waals surface area (Å²) in [7, 11) is -5.08. The zero-order valence-corrected chi connectivity index (χ0v) is 44.3. The average Bonchev–Trinajstić information content (AvgIpc) is 3.31. The normalized spacial score (nSPS) is 19.9. The van der Waals surface area contributed by atoms with Crippen LogP contribution in [0.1, 0.15) is 264 Å². The molecule has 7 unspecified atom stereocenters. The first kappa shape index (κ1) is 64.6. The van der Waals surface area contributed by atoms with Gasteiger partial charge in [0.15, 0.2) is 6.29 Å². The first-order valence-electron chi connectivity index (χ1n) is 28.2. The molecule has 1 fully saturated rings. The molecule has 68 heavy (non-hydrogen) atoms. The van der Waals surface area contributed by atoms with Crippen LogP contribution in [0.25, 0.3) is 0 Å². The molecule has 0 saturated carbocycles. The van der Waals surface area contributed by atoms with Gasteiger partial charge in [-0.1, -0.05) is 244 Å². The molecule has 0 bridgehead atoms. The second-order valence-corrected chi connectivity index (χ2v) is 21.0. The molecule has 13 heteroatoms. The molecule has 6 N–H and O–H groups in total. The first-order chi connectivity index (χ1) is 33.0. The van der Waals surface area contributed by atoms with Crippen LogP contribution < -0.4 is 5.32 Å². The molecule has 12 nitrogen and oxygen atoms in total. The van der Waals surface area contributed by atoms with Crippen LogP contribution in [0.4, 0.5) is 0 Å². The lowest BCUT2D eigenvalue weighted by Gasteiger charge is -2.41. The molecule has 0 aliphatic carbocycles. The quantitative estimate of drug-likeness (QED) is 0.0193. The predicted molar refractivity (Wildman–Crippen MR) is 278 cm³/mol. The largest absolute Gasteiger partial charge is 0.397 e. The van der Waals surface area contributed by atoms with E-state index in [9.17, 15) is 38.2 Å². The topological polar surface area (TPSA) is 192 Å². The maximum atomic E-state index is 13.1. The number of carbonyl (C=O) groups excluding carboxylic acids is 1. The molecule has 0 aromatic carbocycles. The summed E-state index contributed by atoms with van der Waals surface area (Å²) in [6.45, 7) is 3.46. The fourth-order valence-electron chi connectivity index (χ4n) is 9.16. The smallest absolute Gasteiger partial charge is 0.394 e. The lowest BCUT2D eigenvalue weighted by atomic mass is 9.99. The van der Waals surface area contributed by atoms with Gasteiger partial charge in [0.25, 0.3) is 0 Å².